The minimum Gasteiger partial charge on any atom is -0.314 e. The van der Waals surface area contributed by atoms with Gasteiger partial charge in [-0.1, -0.05) is 193 Å². The molecule has 2 aliphatic heterocycles. The van der Waals surface area contributed by atoms with Crippen molar-refractivity contribution in [3.05, 3.63) is 280 Å². The molecule has 426 valence electrons. The van der Waals surface area contributed by atoms with Gasteiger partial charge >= 0.3 is 0 Å². The predicted molar refractivity (Wildman–Crippen MR) is 370 cm³/mol. The molecule has 87 heavy (non-hydrogen) atoms. The normalized spacial score (nSPS) is 21.4. The molecule has 3 nitrogen and oxygen atoms in total. The van der Waals surface area contributed by atoms with Crippen molar-refractivity contribution in [3.8, 4) is 0 Å². The summed E-state index contributed by atoms with van der Waals surface area (Å²) < 4.78 is 2.75. The molecule has 0 spiro atoms. The second-order valence-electron chi connectivity index (χ2n) is 28.7. The summed E-state index contributed by atoms with van der Waals surface area (Å²) in [5.41, 5.74) is 24.9. The van der Waals surface area contributed by atoms with Crippen LogP contribution in [0.4, 0.5) is 45.5 Å². The van der Waals surface area contributed by atoms with Crippen molar-refractivity contribution in [3.63, 3.8) is 0 Å². The van der Waals surface area contributed by atoms with Gasteiger partial charge in [0.05, 0.1) is 5.69 Å². The molecule has 0 amide bonds. The van der Waals surface area contributed by atoms with Crippen molar-refractivity contribution in [2.75, 3.05) is 14.7 Å². The minimum absolute atomic E-state index is 0.0273. The smallest absolute Gasteiger partial charge is 0.264 e. The van der Waals surface area contributed by atoms with Crippen LogP contribution in [0.25, 0.3) is 21.2 Å². The standard InChI is InChI=1S/C82H74BN3S/c1-80(2,3)58-33-40-74-69(44-58)78-79(87-74)83-70-39-37-64(84(60-25-15-9-16-26-60)61-27-17-10-18-28-61)48-71(70)85(62-34-31-57(32-35-62)82-49-52-41-53(50-82)43-54(42-52)51-82)72-45-59(81(4,5)6)46-73(77(72)83)86(78)63-36-38-67-68(47-63)76(56-23-13-8-14-24-56)66-30-20-19-29-65(66)75(67)55-21-11-7-12-22-55/h7-40,44-46,48,52-54,68H,41-43,47,49-51H2,1-6H3. The zero-order valence-electron chi connectivity index (χ0n) is 51.0. The highest BCUT2D eigenvalue weighted by atomic mass is 32.1. The lowest BCUT2D eigenvalue weighted by Crippen LogP contribution is -2.61. The third kappa shape index (κ3) is 8.49. The van der Waals surface area contributed by atoms with E-state index < -0.39 is 0 Å². The Hall–Kier alpha value is -8.38. The zero-order chi connectivity index (χ0) is 58.5. The van der Waals surface area contributed by atoms with Gasteiger partial charge in [0.2, 0.25) is 0 Å². The summed E-state index contributed by atoms with van der Waals surface area (Å²) >= 11 is 2.02. The first-order chi connectivity index (χ1) is 42.3. The molecule has 4 saturated carbocycles. The Labute approximate surface area is 518 Å². The fourth-order valence-corrected chi connectivity index (χ4v) is 19.0. The minimum atomic E-state index is -0.175. The lowest BCUT2D eigenvalue weighted by atomic mass is 9.36. The van der Waals surface area contributed by atoms with E-state index in [1.54, 1.807) is 5.56 Å². The van der Waals surface area contributed by atoms with Crippen LogP contribution in [-0.2, 0) is 16.2 Å². The SMILES string of the molecule is CC(C)(C)c1cc2c3c(c1)N(c1ccc(C45CC6CC(CC(C6)C4)C5)cc1)c1cc(N(c4ccccc4)c4ccccc4)ccc1B3c1sc3ccc(C(C)(C)C)cc3c1N2C1=CC=C2C(c3ccccc3)=c3ccccc3=C(c3ccccc3)C2C1. The first-order valence-electron chi connectivity index (χ1n) is 32.2. The lowest BCUT2D eigenvalue weighted by Gasteiger charge is -2.57. The van der Waals surface area contributed by atoms with Gasteiger partial charge in [0.25, 0.3) is 6.71 Å². The molecular formula is C82H74BN3S. The first kappa shape index (κ1) is 52.9. The third-order valence-electron chi connectivity index (χ3n) is 21.2. The number of fused-ring (bicyclic) bond motifs is 8. The van der Waals surface area contributed by atoms with Gasteiger partial charge in [0, 0.05) is 66.3 Å². The molecule has 1 aromatic heterocycles. The molecule has 9 aromatic carbocycles. The van der Waals surface area contributed by atoms with Gasteiger partial charge in [-0.3, -0.25) is 0 Å². The fraction of sp³-hybridized carbons (Fsp3) is 0.244. The summed E-state index contributed by atoms with van der Waals surface area (Å²) in [5, 5.41) is 3.97. The molecule has 10 aromatic rings. The summed E-state index contributed by atoms with van der Waals surface area (Å²) in [5.74, 6) is 2.74. The zero-order valence-corrected chi connectivity index (χ0v) is 51.8. The summed E-state index contributed by atoms with van der Waals surface area (Å²) in [6, 6.07) is 83.9. The average molecular weight is 1140 g/mol. The predicted octanol–water partition coefficient (Wildman–Crippen LogP) is 18.1. The Bertz CT molecular complexity index is 4530. The molecule has 1 atom stereocenters. The van der Waals surface area contributed by atoms with Crippen molar-refractivity contribution in [2.24, 2.45) is 23.7 Å². The van der Waals surface area contributed by atoms with Crippen LogP contribution in [0.3, 0.4) is 0 Å². The second-order valence-corrected chi connectivity index (χ2v) is 29.7. The highest BCUT2D eigenvalue weighted by Gasteiger charge is 2.52. The number of hydrogen-bond donors (Lipinski definition) is 0. The molecule has 0 radical (unpaired) electrons. The Kier molecular flexibility index (Phi) is 12.1. The van der Waals surface area contributed by atoms with Gasteiger partial charge in [-0.25, -0.2) is 0 Å². The highest BCUT2D eigenvalue weighted by Crippen LogP contribution is 2.61. The lowest BCUT2D eigenvalue weighted by molar-refractivity contribution is -0.00518. The second kappa shape index (κ2) is 19.8. The van der Waals surface area contributed by atoms with E-state index in [0.29, 0.717) is 5.41 Å². The maximum atomic E-state index is 2.80. The van der Waals surface area contributed by atoms with E-state index in [4.69, 9.17) is 0 Å². The number of nitrogens with zero attached hydrogens (tertiary/aromatic N) is 3. The third-order valence-corrected chi connectivity index (χ3v) is 22.5. The van der Waals surface area contributed by atoms with E-state index in [9.17, 15) is 0 Å². The molecule has 5 heteroatoms. The van der Waals surface area contributed by atoms with E-state index in [1.807, 2.05) is 11.3 Å². The number of allylic oxidation sites excluding steroid dienone is 4. The molecule has 3 heterocycles. The van der Waals surface area contributed by atoms with E-state index >= 15 is 0 Å². The molecule has 0 N–H and O–H groups in total. The molecular weight excluding hydrogens is 1070 g/mol. The van der Waals surface area contributed by atoms with Gasteiger partial charge in [-0.15, -0.1) is 11.3 Å². The van der Waals surface area contributed by atoms with E-state index in [1.165, 1.54) is 148 Å². The average Bonchev–Trinajstić information content (AvgIpc) is 1.71. The monoisotopic (exact) mass is 1140 g/mol. The van der Waals surface area contributed by atoms with Gasteiger partial charge in [0.1, 0.15) is 0 Å². The Morgan fingerprint density at radius 2 is 1.08 bits per heavy atom. The van der Waals surface area contributed by atoms with Crippen LogP contribution in [0.15, 0.2) is 242 Å². The summed E-state index contributed by atoms with van der Waals surface area (Å²) in [7, 11) is 0. The maximum absolute atomic E-state index is 2.80. The quantitative estimate of drug-likeness (QED) is 0.140. The van der Waals surface area contributed by atoms with Gasteiger partial charge in [0.15, 0.2) is 0 Å². The van der Waals surface area contributed by atoms with Gasteiger partial charge < -0.3 is 14.7 Å². The van der Waals surface area contributed by atoms with Crippen LogP contribution in [-0.4, -0.2) is 6.71 Å². The van der Waals surface area contributed by atoms with Crippen LogP contribution in [0, 0.1) is 23.7 Å². The van der Waals surface area contributed by atoms with Crippen LogP contribution in [0.2, 0.25) is 0 Å². The summed E-state index contributed by atoms with van der Waals surface area (Å²) in [4.78, 5) is 7.94. The first-order valence-corrected chi connectivity index (χ1v) is 33.0. The van der Waals surface area contributed by atoms with E-state index in [0.717, 1.165) is 41.2 Å². The van der Waals surface area contributed by atoms with Crippen molar-refractivity contribution in [2.45, 2.75) is 103 Å². The number of thiophene rings is 1. The van der Waals surface area contributed by atoms with Crippen molar-refractivity contribution < 1.29 is 0 Å². The Morgan fingerprint density at radius 3 is 1.70 bits per heavy atom. The number of anilines is 8. The molecule has 4 bridgehead atoms. The number of benzene rings is 9. The van der Waals surface area contributed by atoms with Gasteiger partial charge in [-0.05, 0) is 224 Å². The van der Waals surface area contributed by atoms with Crippen LogP contribution < -0.4 is 40.8 Å². The van der Waals surface area contributed by atoms with Crippen LogP contribution in [0.1, 0.15) is 114 Å². The van der Waals surface area contributed by atoms with Crippen LogP contribution >= 0.6 is 11.3 Å². The van der Waals surface area contributed by atoms with Gasteiger partial charge in [-0.2, -0.15) is 0 Å². The van der Waals surface area contributed by atoms with E-state index in [-0.39, 0.29) is 23.5 Å². The molecule has 8 aliphatic rings. The van der Waals surface area contributed by atoms with Crippen LogP contribution in [0.5, 0.6) is 0 Å². The summed E-state index contributed by atoms with van der Waals surface area (Å²) in [6.07, 6.45) is 14.3. The summed E-state index contributed by atoms with van der Waals surface area (Å²) in [6.45, 7) is 14.3. The Morgan fingerprint density at radius 1 is 0.506 bits per heavy atom. The largest absolute Gasteiger partial charge is 0.314 e. The topological polar surface area (TPSA) is 9.72 Å². The highest BCUT2D eigenvalue weighted by molar-refractivity contribution is 7.33. The van der Waals surface area contributed by atoms with Crippen molar-refractivity contribution in [1.29, 1.82) is 0 Å². The Balaban J connectivity index is 0.932. The fourth-order valence-electron chi connectivity index (χ4n) is 17.7. The van der Waals surface area contributed by atoms with Crippen molar-refractivity contribution in [1.82, 2.24) is 0 Å². The van der Waals surface area contributed by atoms with Crippen molar-refractivity contribution >= 4 is 100 Å². The van der Waals surface area contributed by atoms with E-state index in [2.05, 4.69) is 287 Å². The molecule has 18 rings (SSSR count). The number of rotatable bonds is 8. The molecule has 0 saturated heterocycles. The molecule has 4 fully saturated rings. The molecule has 1 unspecified atom stereocenters. The number of hydrogen-bond acceptors (Lipinski definition) is 4. The maximum Gasteiger partial charge on any atom is 0.264 e. The molecule has 6 aliphatic carbocycles. The number of para-hydroxylation sites is 2.